The lowest BCUT2D eigenvalue weighted by atomic mass is 10.1. The summed E-state index contributed by atoms with van der Waals surface area (Å²) in [5.41, 5.74) is 0. The van der Waals surface area contributed by atoms with E-state index < -0.39 is 0 Å². The molecule has 1 aliphatic heterocycles. The van der Waals surface area contributed by atoms with Gasteiger partial charge in [-0.05, 0) is 26.7 Å². The molecule has 0 bridgehead atoms. The molecule has 0 unspecified atom stereocenters. The zero-order chi connectivity index (χ0) is 11.5. The number of rotatable bonds is 2. The van der Waals surface area contributed by atoms with Gasteiger partial charge in [0.05, 0.1) is 13.2 Å². The maximum absolute atomic E-state index is 11.8. The molecule has 16 heavy (non-hydrogen) atoms. The van der Waals surface area contributed by atoms with Gasteiger partial charge in [0, 0.05) is 12.1 Å². The number of carbonyl (C=O) groups excluding carboxylic acids is 1. The van der Waals surface area contributed by atoms with Crippen LogP contribution >= 0.6 is 0 Å². The van der Waals surface area contributed by atoms with E-state index in [0.29, 0.717) is 24.5 Å². The van der Waals surface area contributed by atoms with Gasteiger partial charge in [0.15, 0.2) is 0 Å². The van der Waals surface area contributed by atoms with E-state index in [0.717, 1.165) is 6.67 Å². The summed E-state index contributed by atoms with van der Waals surface area (Å²) >= 11 is 0. The van der Waals surface area contributed by atoms with Crippen molar-refractivity contribution in [3.63, 3.8) is 0 Å². The van der Waals surface area contributed by atoms with Crippen LogP contribution in [0.4, 0.5) is 0 Å². The molecule has 1 aliphatic carbocycles. The molecule has 0 spiro atoms. The van der Waals surface area contributed by atoms with Crippen LogP contribution in [0.3, 0.4) is 0 Å². The van der Waals surface area contributed by atoms with Crippen molar-refractivity contribution in [3.05, 3.63) is 0 Å². The van der Waals surface area contributed by atoms with Gasteiger partial charge in [0.2, 0.25) is 5.91 Å². The van der Waals surface area contributed by atoms with E-state index >= 15 is 0 Å². The van der Waals surface area contributed by atoms with Crippen LogP contribution < -0.4 is 0 Å². The third-order valence-electron chi connectivity index (χ3n) is 3.96. The van der Waals surface area contributed by atoms with Crippen LogP contribution in [0, 0.1) is 0 Å². The fraction of sp³-hybridized carbons (Fsp3) is 0.923. The highest BCUT2D eigenvalue weighted by Crippen LogP contribution is 2.24. The van der Waals surface area contributed by atoms with Crippen LogP contribution in [0.15, 0.2) is 0 Å². The second kappa shape index (κ2) is 5.17. The summed E-state index contributed by atoms with van der Waals surface area (Å²) in [5, 5.41) is 0. The van der Waals surface area contributed by atoms with Crippen LogP contribution in [0.2, 0.25) is 0 Å². The van der Waals surface area contributed by atoms with Gasteiger partial charge in [-0.3, -0.25) is 9.69 Å². The Kier molecular flexibility index (Phi) is 3.85. The van der Waals surface area contributed by atoms with Crippen molar-refractivity contribution in [2.24, 2.45) is 0 Å². The summed E-state index contributed by atoms with van der Waals surface area (Å²) in [7, 11) is 0. The minimum absolute atomic E-state index is 0.319. The second-order valence-electron chi connectivity index (χ2n) is 5.49. The molecule has 3 nitrogen and oxygen atoms in total. The Labute approximate surface area is 98.8 Å². The van der Waals surface area contributed by atoms with Crippen molar-refractivity contribution in [2.45, 2.75) is 64.5 Å². The van der Waals surface area contributed by atoms with Gasteiger partial charge in [0.1, 0.15) is 0 Å². The Bertz CT molecular complexity index is 244. The highest BCUT2D eigenvalue weighted by molar-refractivity contribution is 5.80. The molecule has 1 heterocycles. The molecule has 1 amide bonds. The Balaban J connectivity index is 1.93. The molecule has 92 valence electrons. The zero-order valence-electron chi connectivity index (χ0n) is 10.6. The molecule has 2 rings (SSSR count). The van der Waals surface area contributed by atoms with E-state index in [1.54, 1.807) is 0 Å². The molecule has 0 N–H and O–H groups in total. The van der Waals surface area contributed by atoms with Crippen LogP contribution in [0.1, 0.15) is 52.4 Å². The average Bonchev–Trinajstić information content (AvgIpc) is 2.50. The number of amides is 1. The van der Waals surface area contributed by atoms with Gasteiger partial charge < -0.3 is 4.90 Å². The lowest BCUT2D eigenvalue weighted by Crippen LogP contribution is -2.36. The normalized spacial score (nSPS) is 25.4. The predicted octanol–water partition coefficient (Wildman–Crippen LogP) is 2.22. The fourth-order valence-corrected chi connectivity index (χ4v) is 2.91. The van der Waals surface area contributed by atoms with E-state index in [4.69, 9.17) is 0 Å². The van der Waals surface area contributed by atoms with Crippen LogP contribution in [-0.4, -0.2) is 41.0 Å². The highest BCUT2D eigenvalue weighted by atomic mass is 16.2. The summed E-state index contributed by atoms with van der Waals surface area (Å²) < 4.78 is 0. The molecule has 1 saturated heterocycles. The minimum atomic E-state index is 0.319. The summed E-state index contributed by atoms with van der Waals surface area (Å²) in [4.78, 5) is 16.2. The number of hydrogen-bond donors (Lipinski definition) is 0. The van der Waals surface area contributed by atoms with Gasteiger partial charge >= 0.3 is 0 Å². The lowest BCUT2D eigenvalue weighted by molar-refractivity contribution is -0.128. The van der Waals surface area contributed by atoms with Gasteiger partial charge in [-0.2, -0.15) is 0 Å². The molecule has 0 aromatic carbocycles. The van der Waals surface area contributed by atoms with Crippen molar-refractivity contribution in [2.75, 3.05) is 13.2 Å². The first-order chi connectivity index (χ1) is 7.68. The topological polar surface area (TPSA) is 23.6 Å². The highest BCUT2D eigenvalue weighted by Gasteiger charge is 2.33. The summed E-state index contributed by atoms with van der Waals surface area (Å²) in [6, 6.07) is 1.01. The van der Waals surface area contributed by atoms with E-state index in [1.807, 2.05) is 4.90 Å². The Morgan fingerprint density at radius 2 is 1.75 bits per heavy atom. The van der Waals surface area contributed by atoms with Crippen molar-refractivity contribution >= 4 is 5.91 Å². The summed E-state index contributed by atoms with van der Waals surface area (Å²) in [5.74, 6) is 0.319. The molecule has 0 aromatic rings. The first-order valence-corrected chi connectivity index (χ1v) is 6.72. The largest absolute Gasteiger partial charge is 0.326 e. The van der Waals surface area contributed by atoms with Gasteiger partial charge in [-0.25, -0.2) is 0 Å². The first-order valence-electron chi connectivity index (χ1n) is 6.72. The zero-order valence-corrected chi connectivity index (χ0v) is 10.6. The number of hydrogen-bond acceptors (Lipinski definition) is 2. The van der Waals surface area contributed by atoms with E-state index in [1.165, 1.54) is 38.5 Å². The van der Waals surface area contributed by atoms with E-state index in [-0.39, 0.29) is 0 Å². The predicted molar refractivity (Wildman–Crippen MR) is 65.0 cm³/mol. The van der Waals surface area contributed by atoms with E-state index in [2.05, 4.69) is 18.7 Å². The molecular formula is C13H24N2O. The summed E-state index contributed by atoms with van der Waals surface area (Å²) in [6.45, 7) is 5.73. The third-order valence-corrected chi connectivity index (χ3v) is 3.96. The maximum atomic E-state index is 11.8. The molecule has 0 aromatic heterocycles. The maximum Gasteiger partial charge on any atom is 0.238 e. The quantitative estimate of drug-likeness (QED) is 0.671. The van der Waals surface area contributed by atoms with Gasteiger partial charge in [-0.1, -0.05) is 25.7 Å². The Morgan fingerprint density at radius 3 is 2.25 bits per heavy atom. The van der Waals surface area contributed by atoms with Crippen LogP contribution in [0.25, 0.3) is 0 Å². The number of carbonyl (C=O) groups is 1. The fourth-order valence-electron chi connectivity index (χ4n) is 2.91. The Morgan fingerprint density at radius 1 is 1.12 bits per heavy atom. The minimum Gasteiger partial charge on any atom is -0.326 e. The first kappa shape index (κ1) is 11.9. The molecule has 1 saturated carbocycles. The second-order valence-corrected chi connectivity index (χ2v) is 5.49. The van der Waals surface area contributed by atoms with E-state index in [9.17, 15) is 4.79 Å². The third kappa shape index (κ3) is 2.57. The molecule has 0 atom stereocenters. The van der Waals surface area contributed by atoms with Crippen LogP contribution in [-0.2, 0) is 4.79 Å². The standard InChI is InChI=1S/C13H24N2O/c1-11(2)15-10-14(9-13(15)16)12-7-5-3-4-6-8-12/h11-12H,3-10H2,1-2H3. The molecule has 3 heteroatoms. The smallest absolute Gasteiger partial charge is 0.238 e. The van der Waals surface area contributed by atoms with Crippen molar-refractivity contribution in [3.8, 4) is 0 Å². The van der Waals surface area contributed by atoms with Crippen molar-refractivity contribution < 1.29 is 4.79 Å². The summed E-state index contributed by atoms with van der Waals surface area (Å²) in [6.07, 6.45) is 8.03. The molecular weight excluding hydrogens is 200 g/mol. The Hall–Kier alpha value is -0.570. The molecule has 0 radical (unpaired) electrons. The lowest BCUT2D eigenvalue weighted by Gasteiger charge is -2.27. The van der Waals surface area contributed by atoms with Crippen LogP contribution in [0.5, 0.6) is 0 Å². The molecule has 2 aliphatic rings. The molecule has 2 fully saturated rings. The van der Waals surface area contributed by atoms with Gasteiger partial charge in [0.25, 0.3) is 0 Å². The monoisotopic (exact) mass is 224 g/mol. The van der Waals surface area contributed by atoms with Crippen molar-refractivity contribution in [1.82, 2.24) is 9.80 Å². The SMILES string of the molecule is CC(C)N1CN(C2CCCCCC2)CC1=O. The average molecular weight is 224 g/mol. The number of nitrogens with zero attached hydrogens (tertiary/aromatic N) is 2. The van der Waals surface area contributed by atoms with Crippen molar-refractivity contribution in [1.29, 1.82) is 0 Å². The van der Waals surface area contributed by atoms with Gasteiger partial charge in [-0.15, -0.1) is 0 Å².